The number of hydrogen-bond acceptors (Lipinski definition) is 13. The highest BCUT2D eigenvalue weighted by Gasteiger charge is 2.41. The number of fused-ring (bicyclic) bond motifs is 1. The topological polar surface area (TPSA) is 375 Å². The lowest BCUT2D eigenvalue weighted by atomic mass is 9.98. The number of aromatic nitrogens is 1. The van der Waals surface area contributed by atoms with Crippen LogP contribution in [-0.4, -0.2) is 153 Å². The zero-order valence-electron chi connectivity index (χ0n) is 46.6. The van der Waals surface area contributed by atoms with E-state index in [1.807, 2.05) is 52.0 Å². The number of benzene rings is 1. The normalized spacial score (nSPS) is 17.2. The largest absolute Gasteiger partial charge is 0.480 e. The number of nitrogens with zero attached hydrogens (tertiary/aromatic N) is 1. The predicted octanol–water partition coefficient (Wildman–Crippen LogP) is 0.550. The number of likely N-dealkylation sites (tertiary alicyclic amines) is 1. The number of amides is 8. The number of nitrogens with one attached hydrogen (secondary N) is 8. The highest BCUT2D eigenvalue weighted by molar-refractivity contribution is 5.99. The van der Waals surface area contributed by atoms with Crippen LogP contribution in [0.5, 0.6) is 0 Å². The van der Waals surface area contributed by atoms with Crippen LogP contribution < -0.4 is 54.4 Å². The molecule has 432 valence electrons. The lowest BCUT2D eigenvalue weighted by molar-refractivity contribution is -0.144. The highest BCUT2D eigenvalue weighted by Crippen LogP contribution is 2.23. The number of carbonyl (C=O) groups is 9. The van der Waals surface area contributed by atoms with Gasteiger partial charge in [0.2, 0.25) is 47.3 Å². The van der Waals surface area contributed by atoms with Gasteiger partial charge in [-0.25, -0.2) is 4.79 Å². The maximum absolute atomic E-state index is 14.6. The Bertz CT molecular complexity index is 2290. The molecule has 23 nitrogen and oxygen atoms in total. The molecule has 23 heteroatoms. The Kier molecular flexibility index (Phi) is 27.0. The maximum Gasteiger partial charge on any atom is 0.326 e. The van der Waals surface area contributed by atoms with Crippen molar-refractivity contribution in [1.82, 2.24) is 47.1 Å². The minimum absolute atomic E-state index is 0.0400. The fraction of sp³-hybridized carbons (Fsp3) is 0.685. The van der Waals surface area contributed by atoms with E-state index in [0.717, 1.165) is 10.9 Å². The number of carbonyl (C=O) groups excluding carboxylic acids is 8. The summed E-state index contributed by atoms with van der Waals surface area (Å²) in [4.78, 5) is 129. The minimum atomic E-state index is -1.56. The molecule has 1 aliphatic heterocycles. The summed E-state index contributed by atoms with van der Waals surface area (Å²) in [7, 11) is 0. The predicted molar refractivity (Wildman–Crippen MR) is 292 cm³/mol. The average molecular weight is 1080 g/mol. The molecule has 3 rings (SSSR count). The summed E-state index contributed by atoms with van der Waals surface area (Å²) in [6.45, 7) is 16.2. The molecule has 1 saturated heterocycles. The molecular formula is C54H90N12O11. The number of aromatic amines is 1. The second-order valence-electron chi connectivity index (χ2n) is 22.0. The van der Waals surface area contributed by atoms with Crippen LogP contribution in [0.2, 0.25) is 0 Å². The monoisotopic (exact) mass is 1080 g/mol. The third-order valence-electron chi connectivity index (χ3n) is 13.7. The summed E-state index contributed by atoms with van der Waals surface area (Å²) >= 11 is 0. The van der Waals surface area contributed by atoms with Crippen molar-refractivity contribution in [2.75, 3.05) is 19.6 Å². The van der Waals surface area contributed by atoms with E-state index >= 15 is 0 Å². The number of H-pyrrole nitrogens is 1. The van der Waals surface area contributed by atoms with E-state index in [9.17, 15) is 53.4 Å². The molecule has 1 aromatic heterocycles. The van der Waals surface area contributed by atoms with Gasteiger partial charge in [0, 0.05) is 30.1 Å². The smallest absolute Gasteiger partial charge is 0.326 e. The molecule has 0 unspecified atom stereocenters. The number of carboxylic acids is 1. The summed E-state index contributed by atoms with van der Waals surface area (Å²) in [5, 5.41) is 40.3. The van der Waals surface area contributed by atoms with Crippen LogP contribution in [0.25, 0.3) is 10.9 Å². The first-order chi connectivity index (χ1) is 36.3. The summed E-state index contributed by atoms with van der Waals surface area (Å²) < 4.78 is 0. The van der Waals surface area contributed by atoms with Crippen LogP contribution >= 0.6 is 0 Å². The number of unbranched alkanes of at least 4 members (excludes halogenated alkanes) is 2. The molecule has 0 radical (unpaired) electrons. The van der Waals surface area contributed by atoms with Gasteiger partial charge in [0.1, 0.15) is 48.3 Å². The van der Waals surface area contributed by atoms with Crippen LogP contribution in [0.3, 0.4) is 0 Å². The van der Waals surface area contributed by atoms with Gasteiger partial charge in [0.25, 0.3) is 0 Å². The molecular weight excluding hydrogens is 993 g/mol. The molecule has 1 fully saturated rings. The summed E-state index contributed by atoms with van der Waals surface area (Å²) in [6, 6.07) is -3.43. The molecule has 0 bridgehead atoms. The van der Waals surface area contributed by atoms with E-state index in [4.69, 9.17) is 17.2 Å². The van der Waals surface area contributed by atoms with Crippen LogP contribution in [0, 0.1) is 23.7 Å². The van der Waals surface area contributed by atoms with E-state index in [0.29, 0.717) is 50.6 Å². The van der Waals surface area contributed by atoms with Crippen molar-refractivity contribution in [3.8, 4) is 0 Å². The van der Waals surface area contributed by atoms with Gasteiger partial charge in [-0.05, 0) is 113 Å². The van der Waals surface area contributed by atoms with E-state index in [2.05, 4.69) is 42.2 Å². The average Bonchev–Trinajstić information content (AvgIpc) is 4.02. The first-order valence-corrected chi connectivity index (χ1v) is 27.4. The third kappa shape index (κ3) is 20.3. The molecule has 16 N–H and O–H groups in total. The summed E-state index contributed by atoms with van der Waals surface area (Å²) in [6.07, 6.45) is 3.78. The van der Waals surface area contributed by atoms with E-state index in [1.165, 1.54) is 11.8 Å². The van der Waals surface area contributed by atoms with Gasteiger partial charge in [-0.1, -0.05) is 80.0 Å². The Balaban J connectivity index is 1.88. The fourth-order valence-corrected chi connectivity index (χ4v) is 9.31. The van der Waals surface area contributed by atoms with E-state index in [1.54, 1.807) is 33.9 Å². The van der Waals surface area contributed by atoms with Crippen molar-refractivity contribution >= 4 is 64.1 Å². The van der Waals surface area contributed by atoms with Gasteiger partial charge < -0.3 is 74.5 Å². The van der Waals surface area contributed by atoms with Crippen LogP contribution in [0.1, 0.15) is 132 Å². The molecule has 1 aromatic carbocycles. The van der Waals surface area contributed by atoms with Crippen molar-refractivity contribution in [3.63, 3.8) is 0 Å². The molecule has 2 heterocycles. The maximum atomic E-state index is 14.6. The lowest BCUT2D eigenvalue weighted by Crippen LogP contribution is -2.62. The molecule has 0 saturated carbocycles. The Morgan fingerprint density at radius 1 is 0.623 bits per heavy atom. The van der Waals surface area contributed by atoms with Crippen molar-refractivity contribution in [3.05, 3.63) is 36.0 Å². The highest BCUT2D eigenvalue weighted by atomic mass is 16.4. The Morgan fingerprint density at radius 2 is 1.13 bits per heavy atom. The van der Waals surface area contributed by atoms with Crippen molar-refractivity contribution in [2.45, 2.75) is 193 Å². The summed E-state index contributed by atoms with van der Waals surface area (Å²) in [5.74, 6) is -8.02. The number of para-hydroxylation sites is 1. The van der Waals surface area contributed by atoms with Crippen LogP contribution in [0.4, 0.5) is 0 Å². The molecule has 2 aromatic rings. The van der Waals surface area contributed by atoms with Gasteiger partial charge >= 0.3 is 5.97 Å². The molecule has 0 aliphatic carbocycles. The number of carboxylic acid groups (broad SMARTS) is 1. The third-order valence-corrected chi connectivity index (χ3v) is 13.7. The van der Waals surface area contributed by atoms with Gasteiger partial charge in [0.05, 0.1) is 12.1 Å². The van der Waals surface area contributed by atoms with Crippen molar-refractivity contribution in [1.29, 1.82) is 0 Å². The quantitative estimate of drug-likeness (QED) is 0.0435. The SMILES string of the molecule is CC(C)C[C@H](NC(=O)[C@H](Cc1c[nH]c2ccccc12)NC(=O)[C@@H](NC(=O)[C@@H]1CCCN1C(=O)[C@H](CCCCN)NC(=O)[C@@H](NC(=O)[C@H](CC(C)C)NC(=O)[C@@H](N)CCCCN)[C@@H](C)O)C(C)C)C(=O)N[C@H](C(=O)O)C(C)C. The molecule has 1 aliphatic rings. The lowest BCUT2D eigenvalue weighted by Gasteiger charge is -2.32. The molecule has 0 spiro atoms. The second-order valence-corrected chi connectivity index (χ2v) is 22.0. The Labute approximate surface area is 453 Å². The first kappa shape index (κ1) is 65.1. The zero-order valence-corrected chi connectivity index (χ0v) is 46.6. The Hall–Kier alpha value is -6.17. The number of hydrogen-bond donors (Lipinski definition) is 13. The van der Waals surface area contributed by atoms with Gasteiger partial charge in [0.15, 0.2) is 0 Å². The van der Waals surface area contributed by atoms with Gasteiger partial charge in [-0.2, -0.15) is 0 Å². The van der Waals surface area contributed by atoms with E-state index < -0.39 is 126 Å². The fourth-order valence-electron chi connectivity index (χ4n) is 9.31. The minimum Gasteiger partial charge on any atom is -0.480 e. The summed E-state index contributed by atoms with van der Waals surface area (Å²) in [5.41, 5.74) is 18.9. The number of aliphatic hydroxyl groups excluding tert-OH is 1. The van der Waals surface area contributed by atoms with E-state index in [-0.39, 0.29) is 57.0 Å². The van der Waals surface area contributed by atoms with Crippen molar-refractivity contribution < 1.29 is 53.4 Å². The zero-order chi connectivity index (χ0) is 57.7. The van der Waals surface area contributed by atoms with Crippen LogP contribution in [-0.2, 0) is 49.6 Å². The number of aliphatic hydroxyl groups is 1. The van der Waals surface area contributed by atoms with Gasteiger partial charge in [-0.3, -0.25) is 38.4 Å². The number of nitrogens with two attached hydrogens (primary N) is 3. The van der Waals surface area contributed by atoms with Crippen LogP contribution in [0.15, 0.2) is 30.5 Å². The second kappa shape index (κ2) is 31.9. The van der Waals surface area contributed by atoms with Gasteiger partial charge in [-0.15, -0.1) is 0 Å². The molecule has 77 heavy (non-hydrogen) atoms. The molecule has 10 atom stereocenters. The standard InChI is InChI=1S/C54H90N12O11/c1-29(2)25-39(60-46(68)36(57)18-12-14-22-55)49(71)65-45(33(9)67)52(74)59-38(20-13-15-23-56)53(75)66-24-16-21-42(66)50(72)63-43(31(5)6)51(73)62-41(27-34-28-58-37-19-11-10-17-35(34)37)47(69)61-40(26-30(3)4)48(70)64-44(32(7)8)54(76)77/h10-11,17,19,28-33,36,38-45,58,67H,12-16,18,20-27,55-57H2,1-9H3,(H,59,74)(H,60,68)(H,61,69)(H,62,73)(H,63,72)(H,64,70)(H,65,71)(H,76,77)/t33-,36+,38+,39+,40+,41+,42+,43+,44+,45+/m1/s1. The number of aliphatic carboxylic acids is 1. The number of rotatable bonds is 33. The Morgan fingerprint density at radius 3 is 1.68 bits per heavy atom. The molecule has 8 amide bonds. The first-order valence-electron chi connectivity index (χ1n) is 27.4. The van der Waals surface area contributed by atoms with Crippen molar-refractivity contribution in [2.24, 2.45) is 40.9 Å².